The standard InChI is InChI=1S/C18H15ClF2N6O/c1-2-5-27-17(28)14-16(25-18(27)19)24-15(23-14)11-7-22-26(9-11)8-10-3-4-12(20)6-13(10)21/h3-4,6-7,9H,2,5,8H2,1H3,(H,23,24). The smallest absolute Gasteiger partial charge is 0.280 e. The Bertz CT molecular complexity index is 1230. The molecule has 0 aliphatic carbocycles. The molecule has 0 saturated carbocycles. The van der Waals surface area contributed by atoms with Crippen molar-refractivity contribution >= 4 is 22.8 Å². The van der Waals surface area contributed by atoms with Gasteiger partial charge in [0.25, 0.3) is 5.56 Å². The second-order valence-corrected chi connectivity index (χ2v) is 6.62. The van der Waals surface area contributed by atoms with Gasteiger partial charge in [-0.3, -0.25) is 14.0 Å². The van der Waals surface area contributed by atoms with Crippen molar-refractivity contribution in [1.82, 2.24) is 29.3 Å². The van der Waals surface area contributed by atoms with E-state index in [4.69, 9.17) is 11.6 Å². The zero-order valence-electron chi connectivity index (χ0n) is 14.8. The van der Waals surface area contributed by atoms with Crippen LogP contribution in [0.5, 0.6) is 0 Å². The monoisotopic (exact) mass is 404 g/mol. The molecule has 3 aromatic heterocycles. The number of hydrogen-bond donors (Lipinski definition) is 1. The summed E-state index contributed by atoms with van der Waals surface area (Å²) in [5.41, 5.74) is 1.07. The molecule has 0 amide bonds. The molecule has 0 atom stereocenters. The molecule has 1 N–H and O–H groups in total. The Morgan fingerprint density at radius 1 is 1.25 bits per heavy atom. The number of imidazole rings is 1. The van der Waals surface area contributed by atoms with Gasteiger partial charge in [-0.1, -0.05) is 13.0 Å². The summed E-state index contributed by atoms with van der Waals surface area (Å²) in [6, 6.07) is 3.39. The Morgan fingerprint density at radius 2 is 2.07 bits per heavy atom. The van der Waals surface area contributed by atoms with Gasteiger partial charge in [0.05, 0.1) is 18.3 Å². The van der Waals surface area contributed by atoms with Gasteiger partial charge in [-0.15, -0.1) is 0 Å². The predicted octanol–water partition coefficient (Wildman–Crippen LogP) is 3.37. The van der Waals surface area contributed by atoms with Gasteiger partial charge in [-0.2, -0.15) is 10.1 Å². The Labute approximate surface area is 162 Å². The molecule has 144 valence electrons. The number of nitrogens with one attached hydrogen (secondary N) is 1. The van der Waals surface area contributed by atoms with Crippen molar-refractivity contribution in [3.05, 3.63) is 63.4 Å². The largest absolute Gasteiger partial charge is 0.332 e. The van der Waals surface area contributed by atoms with Crippen molar-refractivity contribution in [1.29, 1.82) is 0 Å². The minimum absolute atomic E-state index is 0.0832. The maximum absolute atomic E-state index is 13.8. The van der Waals surface area contributed by atoms with Gasteiger partial charge in [-0.25, -0.2) is 13.8 Å². The lowest BCUT2D eigenvalue weighted by atomic mass is 10.2. The molecule has 0 bridgehead atoms. The first-order valence-corrected chi connectivity index (χ1v) is 8.97. The van der Waals surface area contributed by atoms with E-state index < -0.39 is 11.6 Å². The number of aromatic nitrogens is 6. The van der Waals surface area contributed by atoms with Crippen LogP contribution in [-0.4, -0.2) is 29.3 Å². The van der Waals surface area contributed by atoms with Crippen LogP contribution >= 0.6 is 11.6 Å². The minimum Gasteiger partial charge on any atom is -0.332 e. The van der Waals surface area contributed by atoms with Crippen molar-refractivity contribution in [3.8, 4) is 11.4 Å². The molecule has 10 heteroatoms. The molecule has 7 nitrogen and oxygen atoms in total. The van der Waals surface area contributed by atoms with Gasteiger partial charge < -0.3 is 4.98 Å². The van der Waals surface area contributed by atoms with Gasteiger partial charge >= 0.3 is 0 Å². The summed E-state index contributed by atoms with van der Waals surface area (Å²) in [6.07, 6.45) is 3.92. The van der Waals surface area contributed by atoms with Crippen LogP contribution in [0.1, 0.15) is 18.9 Å². The SMILES string of the molecule is CCCn1c(Cl)nc2nc(-c3cnn(Cc4ccc(F)cc4F)c3)[nH]c2c1=O. The summed E-state index contributed by atoms with van der Waals surface area (Å²) in [7, 11) is 0. The summed E-state index contributed by atoms with van der Waals surface area (Å²) in [5, 5.41) is 4.26. The molecule has 0 spiro atoms. The number of halogens is 3. The Kier molecular flexibility index (Phi) is 4.68. The summed E-state index contributed by atoms with van der Waals surface area (Å²) < 4.78 is 29.7. The first kappa shape index (κ1) is 18.3. The number of nitrogens with zero attached hydrogens (tertiary/aromatic N) is 5. The second-order valence-electron chi connectivity index (χ2n) is 6.28. The lowest BCUT2D eigenvalue weighted by Crippen LogP contribution is -2.22. The van der Waals surface area contributed by atoms with E-state index in [-0.39, 0.29) is 28.6 Å². The topological polar surface area (TPSA) is 81.4 Å². The van der Waals surface area contributed by atoms with E-state index in [0.29, 0.717) is 23.5 Å². The maximum Gasteiger partial charge on any atom is 0.280 e. The molecule has 1 aromatic carbocycles. The zero-order chi connectivity index (χ0) is 19.8. The van der Waals surface area contributed by atoms with Gasteiger partial charge in [0.2, 0.25) is 5.28 Å². The number of rotatable bonds is 5. The molecule has 4 rings (SSSR count). The molecule has 0 radical (unpaired) electrons. The van der Waals surface area contributed by atoms with Crippen LogP contribution in [0.2, 0.25) is 5.28 Å². The van der Waals surface area contributed by atoms with Crippen molar-refractivity contribution in [3.63, 3.8) is 0 Å². The quantitative estimate of drug-likeness (QED) is 0.517. The zero-order valence-corrected chi connectivity index (χ0v) is 15.5. The average molecular weight is 405 g/mol. The van der Waals surface area contributed by atoms with Crippen LogP contribution in [0.4, 0.5) is 8.78 Å². The third-order valence-electron chi connectivity index (χ3n) is 4.27. The molecular weight excluding hydrogens is 390 g/mol. The molecule has 28 heavy (non-hydrogen) atoms. The van der Waals surface area contributed by atoms with Crippen molar-refractivity contribution in [2.75, 3.05) is 0 Å². The first-order chi connectivity index (χ1) is 13.5. The molecule has 0 saturated heterocycles. The molecule has 0 aliphatic rings. The maximum atomic E-state index is 13.8. The summed E-state index contributed by atoms with van der Waals surface area (Å²) >= 11 is 6.08. The van der Waals surface area contributed by atoms with E-state index >= 15 is 0 Å². The molecule has 3 heterocycles. The first-order valence-electron chi connectivity index (χ1n) is 8.59. The molecule has 4 aromatic rings. The van der Waals surface area contributed by atoms with Crippen LogP contribution in [0, 0.1) is 11.6 Å². The van der Waals surface area contributed by atoms with Gasteiger partial charge in [-0.05, 0) is 24.1 Å². The highest BCUT2D eigenvalue weighted by atomic mass is 35.5. The fourth-order valence-corrected chi connectivity index (χ4v) is 3.15. The Balaban J connectivity index is 1.67. The lowest BCUT2D eigenvalue weighted by molar-refractivity contribution is 0.558. The highest BCUT2D eigenvalue weighted by molar-refractivity contribution is 6.28. The van der Waals surface area contributed by atoms with Crippen LogP contribution in [0.25, 0.3) is 22.6 Å². The van der Waals surface area contributed by atoms with Gasteiger partial charge in [0, 0.05) is 24.4 Å². The summed E-state index contributed by atoms with van der Waals surface area (Å²) in [4.78, 5) is 24.0. The fraction of sp³-hybridized carbons (Fsp3) is 0.222. The summed E-state index contributed by atoms with van der Waals surface area (Å²) in [5.74, 6) is -0.878. The van der Waals surface area contributed by atoms with Crippen molar-refractivity contribution in [2.45, 2.75) is 26.4 Å². The van der Waals surface area contributed by atoms with Crippen molar-refractivity contribution < 1.29 is 8.78 Å². The minimum atomic E-state index is -0.642. The van der Waals surface area contributed by atoms with E-state index in [2.05, 4.69) is 20.1 Å². The van der Waals surface area contributed by atoms with Crippen molar-refractivity contribution in [2.24, 2.45) is 0 Å². The fourth-order valence-electron chi connectivity index (χ4n) is 2.91. The van der Waals surface area contributed by atoms with E-state index in [1.807, 2.05) is 6.92 Å². The Hall–Kier alpha value is -3.07. The molecule has 0 unspecified atom stereocenters. The summed E-state index contributed by atoms with van der Waals surface area (Å²) in [6.45, 7) is 2.51. The second kappa shape index (κ2) is 7.16. The highest BCUT2D eigenvalue weighted by Crippen LogP contribution is 2.19. The van der Waals surface area contributed by atoms with Crippen LogP contribution < -0.4 is 5.56 Å². The third-order valence-corrected chi connectivity index (χ3v) is 4.55. The third kappa shape index (κ3) is 3.29. The number of H-pyrrole nitrogens is 1. The Morgan fingerprint density at radius 3 is 2.82 bits per heavy atom. The van der Waals surface area contributed by atoms with Crippen LogP contribution in [0.3, 0.4) is 0 Å². The predicted molar refractivity (Wildman–Crippen MR) is 100 cm³/mol. The normalized spacial score (nSPS) is 11.4. The average Bonchev–Trinajstić information content (AvgIpc) is 3.28. The highest BCUT2D eigenvalue weighted by Gasteiger charge is 2.15. The molecule has 0 fully saturated rings. The van der Waals surface area contributed by atoms with Crippen LogP contribution in [0.15, 0.2) is 35.4 Å². The van der Waals surface area contributed by atoms with E-state index in [0.717, 1.165) is 12.5 Å². The van der Waals surface area contributed by atoms with E-state index in [9.17, 15) is 13.6 Å². The lowest BCUT2D eigenvalue weighted by Gasteiger charge is -2.04. The van der Waals surface area contributed by atoms with E-state index in [1.165, 1.54) is 27.6 Å². The number of hydrogen-bond acceptors (Lipinski definition) is 4. The van der Waals surface area contributed by atoms with Crippen LogP contribution in [-0.2, 0) is 13.1 Å². The molecule has 0 aliphatic heterocycles. The molecular formula is C18H15ClF2N6O. The van der Waals surface area contributed by atoms with E-state index in [1.54, 1.807) is 6.20 Å². The number of aromatic amines is 1. The number of benzene rings is 1. The van der Waals surface area contributed by atoms with Gasteiger partial charge in [0.1, 0.15) is 17.5 Å². The van der Waals surface area contributed by atoms with Gasteiger partial charge in [0.15, 0.2) is 11.2 Å². The number of fused-ring (bicyclic) bond motifs is 1.